The van der Waals surface area contributed by atoms with Crippen molar-refractivity contribution in [1.29, 1.82) is 0 Å². The maximum absolute atomic E-state index is 10.7. The van der Waals surface area contributed by atoms with Gasteiger partial charge in [-0.1, -0.05) is 19.3 Å². The van der Waals surface area contributed by atoms with Crippen molar-refractivity contribution >= 4 is 5.97 Å². The van der Waals surface area contributed by atoms with E-state index in [2.05, 4.69) is 16.8 Å². The van der Waals surface area contributed by atoms with Gasteiger partial charge in [0.25, 0.3) is 0 Å². The number of likely N-dealkylation sites (N-methyl/N-ethyl adjacent to an activating group) is 1. The number of likely N-dealkylation sites (tertiary alicyclic amines) is 1. The van der Waals surface area contributed by atoms with E-state index in [0.717, 1.165) is 19.1 Å². The zero-order valence-corrected chi connectivity index (χ0v) is 12.2. The maximum Gasteiger partial charge on any atom is 0.304 e. The second-order valence-corrected chi connectivity index (χ2v) is 6.20. The second-order valence-electron chi connectivity index (χ2n) is 6.20. The average molecular weight is 268 g/mol. The molecule has 2 fully saturated rings. The molecule has 1 aliphatic heterocycles. The fourth-order valence-electron chi connectivity index (χ4n) is 3.61. The predicted octanol–water partition coefficient (Wildman–Crippen LogP) is 2.19. The first kappa shape index (κ1) is 14.8. The Kier molecular flexibility index (Phi) is 5.64. The molecule has 1 saturated carbocycles. The molecule has 19 heavy (non-hydrogen) atoms. The van der Waals surface area contributed by atoms with Gasteiger partial charge in [0.1, 0.15) is 0 Å². The van der Waals surface area contributed by atoms with Crippen molar-refractivity contribution in [2.45, 2.75) is 63.5 Å². The van der Waals surface area contributed by atoms with Gasteiger partial charge >= 0.3 is 5.97 Å². The zero-order valence-electron chi connectivity index (χ0n) is 12.2. The van der Waals surface area contributed by atoms with E-state index >= 15 is 0 Å². The molecule has 0 aromatic heterocycles. The van der Waals surface area contributed by atoms with Crippen LogP contribution < -0.4 is 0 Å². The molecule has 4 heteroatoms. The Bertz CT molecular complexity index is 290. The third-order valence-corrected chi connectivity index (χ3v) is 4.85. The number of carbonyl (C=O) groups is 1. The highest BCUT2D eigenvalue weighted by molar-refractivity contribution is 5.66. The molecule has 0 radical (unpaired) electrons. The summed E-state index contributed by atoms with van der Waals surface area (Å²) in [6.07, 6.45) is 9.62. The molecule has 4 nitrogen and oxygen atoms in total. The van der Waals surface area contributed by atoms with Crippen LogP contribution in [0.4, 0.5) is 0 Å². The largest absolute Gasteiger partial charge is 0.481 e. The van der Waals surface area contributed by atoms with Crippen LogP contribution >= 0.6 is 0 Å². The molecule has 0 spiro atoms. The molecule has 1 atom stereocenters. The lowest BCUT2D eigenvalue weighted by molar-refractivity contribution is -0.137. The van der Waals surface area contributed by atoms with E-state index < -0.39 is 5.97 Å². The summed E-state index contributed by atoms with van der Waals surface area (Å²) >= 11 is 0. The third-order valence-electron chi connectivity index (χ3n) is 4.85. The van der Waals surface area contributed by atoms with E-state index in [1.165, 1.54) is 44.9 Å². The van der Waals surface area contributed by atoms with Gasteiger partial charge in [-0.05, 0) is 39.3 Å². The normalized spacial score (nSPS) is 26.7. The molecular weight excluding hydrogens is 240 g/mol. The first-order chi connectivity index (χ1) is 9.16. The quantitative estimate of drug-likeness (QED) is 0.830. The van der Waals surface area contributed by atoms with E-state index in [4.69, 9.17) is 5.11 Å². The highest BCUT2D eigenvalue weighted by Crippen LogP contribution is 2.25. The van der Waals surface area contributed by atoms with Gasteiger partial charge in [0, 0.05) is 25.2 Å². The summed E-state index contributed by atoms with van der Waals surface area (Å²) in [5, 5.41) is 8.79. The Morgan fingerprint density at radius 1 is 1.16 bits per heavy atom. The molecule has 1 N–H and O–H groups in total. The molecule has 0 aromatic rings. The number of hydrogen-bond donors (Lipinski definition) is 1. The van der Waals surface area contributed by atoms with E-state index in [9.17, 15) is 4.79 Å². The lowest BCUT2D eigenvalue weighted by atomic mass is 9.92. The molecule has 0 bridgehead atoms. The lowest BCUT2D eigenvalue weighted by Gasteiger charge is -2.42. The molecule has 1 aliphatic carbocycles. The van der Waals surface area contributed by atoms with Gasteiger partial charge in [0.05, 0.1) is 6.42 Å². The summed E-state index contributed by atoms with van der Waals surface area (Å²) in [5.74, 6) is -0.678. The van der Waals surface area contributed by atoms with Gasteiger partial charge in [0.2, 0.25) is 0 Å². The van der Waals surface area contributed by atoms with Crippen molar-refractivity contribution in [3.05, 3.63) is 0 Å². The number of carboxylic acid groups (broad SMARTS) is 1. The van der Waals surface area contributed by atoms with Crippen LogP contribution in [-0.2, 0) is 4.79 Å². The number of piperidine rings is 1. The molecule has 2 rings (SSSR count). The smallest absolute Gasteiger partial charge is 0.304 e. The predicted molar refractivity (Wildman–Crippen MR) is 76.4 cm³/mol. The molecule has 1 heterocycles. The van der Waals surface area contributed by atoms with Crippen molar-refractivity contribution in [3.8, 4) is 0 Å². The van der Waals surface area contributed by atoms with Crippen molar-refractivity contribution in [1.82, 2.24) is 9.80 Å². The molecule has 1 unspecified atom stereocenters. The van der Waals surface area contributed by atoms with Gasteiger partial charge in [-0.15, -0.1) is 0 Å². The molecule has 110 valence electrons. The van der Waals surface area contributed by atoms with Crippen LogP contribution in [0.2, 0.25) is 0 Å². The fraction of sp³-hybridized carbons (Fsp3) is 0.933. The number of hydrogen-bond acceptors (Lipinski definition) is 3. The Morgan fingerprint density at radius 3 is 2.53 bits per heavy atom. The molecule has 0 aromatic carbocycles. The van der Waals surface area contributed by atoms with Crippen molar-refractivity contribution in [2.75, 3.05) is 26.7 Å². The minimum atomic E-state index is -0.678. The maximum atomic E-state index is 10.7. The summed E-state index contributed by atoms with van der Waals surface area (Å²) < 4.78 is 0. The van der Waals surface area contributed by atoms with Crippen molar-refractivity contribution in [3.63, 3.8) is 0 Å². The van der Waals surface area contributed by atoms with Crippen LogP contribution in [0.1, 0.15) is 51.4 Å². The Labute approximate surface area is 116 Å². The number of nitrogens with zero attached hydrogens (tertiary/aromatic N) is 2. The monoisotopic (exact) mass is 268 g/mol. The highest BCUT2D eigenvalue weighted by Gasteiger charge is 2.28. The summed E-state index contributed by atoms with van der Waals surface area (Å²) in [7, 11) is 2.28. The van der Waals surface area contributed by atoms with Crippen LogP contribution in [-0.4, -0.2) is 59.6 Å². The molecule has 0 amide bonds. The first-order valence-electron chi connectivity index (χ1n) is 7.83. The minimum absolute atomic E-state index is 0.278. The van der Waals surface area contributed by atoms with Gasteiger partial charge in [-0.3, -0.25) is 9.69 Å². The summed E-state index contributed by atoms with van der Waals surface area (Å²) in [6, 6.07) is 1.39. The van der Waals surface area contributed by atoms with Crippen LogP contribution in [0, 0.1) is 0 Å². The van der Waals surface area contributed by atoms with Crippen LogP contribution in [0.15, 0.2) is 0 Å². The standard InChI is InChI=1S/C15H28N2O2/c1-16(13-6-3-2-4-7-13)14-8-5-10-17(12-14)11-9-15(18)19/h13-14H,2-12H2,1H3,(H,18,19). The lowest BCUT2D eigenvalue weighted by Crippen LogP contribution is -2.50. The second kappa shape index (κ2) is 7.25. The SMILES string of the molecule is CN(C1CCCCC1)C1CCCN(CCC(=O)O)C1. The zero-order chi connectivity index (χ0) is 13.7. The number of aliphatic carboxylic acids is 1. The van der Waals surface area contributed by atoms with E-state index in [1.807, 2.05) is 0 Å². The van der Waals surface area contributed by atoms with Crippen molar-refractivity contribution < 1.29 is 9.90 Å². The van der Waals surface area contributed by atoms with Gasteiger partial charge in [-0.2, -0.15) is 0 Å². The van der Waals surface area contributed by atoms with E-state index in [-0.39, 0.29) is 6.42 Å². The summed E-state index contributed by atoms with van der Waals surface area (Å²) in [5.41, 5.74) is 0. The van der Waals surface area contributed by atoms with Crippen molar-refractivity contribution in [2.24, 2.45) is 0 Å². The molecular formula is C15H28N2O2. The Hall–Kier alpha value is -0.610. The van der Waals surface area contributed by atoms with Crippen LogP contribution in [0.5, 0.6) is 0 Å². The fourth-order valence-corrected chi connectivity index (χ4v) is 3.61. The first-order valence-corrected chi connectivity index (χ1v) is 7.83. The number of rotatable bonds is 5. The third kappa shape index (κ3) is 4.46. The molecule has 1 saturated heterocycles. The summed E-state index contributed by atoms with van der Waals surface area (Å²) in [4.78, 5) is 15.6. The summed E-state index contributed by atoms with van der Waals surface area (Å²) in [6.45, 7) is 2.84. The Morgan fingerprint density at radius 2 is 1.84 bits per heavy atom. The minimum Gasteiger partial charge on any atom is -0.481 e. The molecule has 2 aliphatic rings. The topological polar surface area (TPSA) is 43.8 Å². The van der Waals surface area contributed by atoms with Gasteiger partial charge < -0.3 is 10.0 Å². The van der Waals surface area contributed by atoms with E-state index in [0.29, 0.717) is 12.6 Å². The van der Waals surface area contributed by atoms with Gasteiger partial charge in [0.15, 0.2) is 0 Å². The Balaban J connectivity index is 1.80. The highest BCUT2D eigenvalue weighted by atomic mass is 16.4. The number of carboxylic acids is 1. The van der Waals surface area contributed by atoms with Gasteiger partial charge in [-0.25, -0.2) is 0 Å². The van der Waals surface area contributed by atoms with Crippen LogP contribution in [0.3, 0.4) is 0 Å². The average Bonchev–Trinajstić information content (AvgIpc) is 2.45. The van der Waals surface area contributed by atoms with Crippen LogP contribution in [0.25, 0.3) is 0 Å². The van der Waals surface area contributed by atoms with E-state index in [1.54, 1.807) is 0 Å².